The van der Waals surface area contributed by atoms with Crippen molar-refractivity contribution in [2.24, 2.45) is 13.0 Å². The van der Waals surface area contributed by atoms with Crippen LogP contribution in [0.5, 0.6) is 0 Å². The van der Waals surface area contributed by atoms with Crippen LogP contribution in [0, 0.1) is 35.5 Å². The first-order valence-electron chi connectivity index (χ1n) is 5.05. The second kappa shape index (κ2) is 4.67. The summed E-state index contributed by atoms with van der Waals surface area (Å²) in [6, 6.07) is 4.32. The number of aromatic nitrogens is 2. The molecule has 0 aliphatic carbocycles. The zero-order valence-electron chi connectivity index (χ0n) is 10.0. The molecule has 5 heteroatoms. The van der Waals surface area contributed by atoms with Crippen molar-refractivity contribution in [2.75, 3.05) is 18.5 Å². The highest BCUT2D eigenvalue weighted by molar-refractivity contribution is 5.56. The van der Waals surface area contributed by atoms with Crippen molar-refractivity contribution in [1.29, 1.82) is 10.5 Å². The van der Waals surface area contributed by atoms with E-state index in [1.807, 2.05) is 25.8 Å². The van der Waals surface area contributed by atoms with Crippen molar-refractivity contribution >= 4 is 5.82 Å². The van der Waals surface area contributed by atoms with Gasteiger partial charge < -0.3 is 4.90 Å². The van der Waals surface area contributed by atoms with E-state index in [0.717, 1.165) is 11.5 Å². The fourth-order valence-corrected chi connectivity index (χ4v) is 1.75. The largest absolute Gasteiger partial charge is 0.357 e. The Balaban J connectivity index is 3.05. The third-order valence-corrected chi connectivity index (χ3v) is 2.43. The SMILES string of the molecule is Cc1nn(C)c(N(C)CC(C)C#N)c1C#N. The molecular formula is C11H15N5. The molecule has 84 valence electrons. The van der Waals surface area contributed by atoms with Gasteiger partial charge in [-0.25, -0.2) is 0 Å². The topological polar surface area (TPSA) is 68.6 Å². The third-order valence-electron chi connectivity index (χ3n) is 2.43. The van der Waals surface area contributed by atoms with E-state index in [1.165, 1.54) is 0 Å². The Labute approximate surface area is 95.5 Å². The van der Waals surface area contributed by atoms with Crippen molar-refractivity contribution in [3.05, 3.63) is 11.3 Å². The Morgan fingerprint density at radius 2 is 2.12 bits per heavy atom. The number of anilines is 1. The van der Waals surface area contributed by atoms with E-state index >= 15 is 0 Å². The second-order valence-corrected chi connectivity index (χ2v) is 3.93. The molecule has 0 aromatic carbocycles. The van der Waals surface area contributed by atoms with E-state index in [4.69, 9.17) is 10.5 Å². The minimum Gasteiger partial charge on any atom is -0.357 e. The fraction of sp³-hybridized carbons (Fsp3) is 0.545. The number of rotatable bonds is 3. The minimum absolute atomic E-state index is 0.0771. The normalized spacial score (nSPS) is 11.6. The Kier molecular flexibility index (Phi) is 3.52. The highest BCUT2D eigenvalue weighted by Crippen LogP contribution is 2.21. The molecule has 0 bridgehead atoms. The first kappa shape index (κ1) is 12.1. The molecule has 0 saturated heterocycles. The van der Waals surface area contributed by atoms with E-state index in [-0.39, 0.29) is 5.92 Å². The summed E-state index contributed by atoms with van der Waals surface area (Å²) < 4.78 is 1.68. The van der Waals surface area contributed by atoms with E-state index in [1.54, 1.807) is 11.7 Å². The van der Waals surface area contributed by atoms with Crippen LogP contribution in [0.15, 0.2) is 0 Å². The molecule has 0 spiro atoms. The number of hydrogen-bond donors (Lipinski definition) is 0. The molecule has 0 N–H and O–H groups in total. The van der Waals surface area contributed by atoms with Crippen LogP contribution < -0.4 is 4.90 Å². The number of nitrogens with zero attached hydrogens (tertiary/aromatic N) is 5. The van der Waals surface area contributed by atoms with Crippen LogP contribution in [0.1, 0.15) is 18.2 Å². The summed E-state index contributed by atoms with van der Waals surface area (Å²) in [6.07, 6.45) is 0. The van der Waals surface area contributed by atoms with Crippen LogP contribution in [-0.2, 0) is 7.05 Å². The van der Waals surface area contributed by atoms with E-state index in [9.17, 15) is 0 Å². The summed E-state index contributed by atoms with van der Waals surface area (Å²) >= 11 is 0. The van der Waals surface area contributed by atoms with Gasteiger partial charge in [-0.1, -0.05) is 0 Å². The van der Waals surface area contributed by atoms with Gasteiger partial charge in [-0.2, -0.15) is 15.6 Å². The van der Waals surface area contributed by atoms with Gasteiger partial charge in [-0.05, 0) is 13.8 Å². The molecule has 0 radical (unpaired) electrons. The van der Waals surface area contributed by atoms with Crippen LogP contribution in [0.2, 0.25) is 0 Å². The minimum atomic E-state index is -0.0771. The van der Waals surface area contributed by atoms with Crippen molar-refractivity contribution in [3.8, 4) is 12.1 Å². The van der Waals surface area contributed by atoms with Gasteiger partial charge in [0.15, 0.2) is 0 Å². The maximum absolute atomic E-state index is 9.06. The number of aryl methyl sites for hydroxylation is 2. The summed E-state index contributed by atoms with van der Waals surface area (Å²) in [5, 5.41) is 22.0. The Morgan fingerprint density at radius 3 is 2.62 bits per heavy atom. The molecule has 1 rings (SSSR count). The van der Waals surface area contributed by atoms with Gasteiger partial charge in [0.05, 0.1) is 17.7 Å². The van der Waals surface area contributed by atoms with Gasteiger partial charge in [0.1, 0.15) is 17.5 Å². The molecule has 1 atom stereocenters. The highest BCUT2D eigenvalue weighted by Gasteiger charge is 2.17. The first-order chi connectivity index (χ1) is 7.51. The molecule has 16 heavy (non-hydrogen) atoms. The smallest absolute Gasteiger partial charge is 0.144 e. The van der Waals surface area contributed by atoms with E-state index in [2.05, 4.69) is 17.2 Å². The molecule has 1 unspecified atom stereocenters. The van der Waals surface area contributed by atoms with Gasteiger partial charge in [0.2, 0.25) is 0 Å². The molecule has 1 aromatic rings. The lowest BCUT2D eigenvalue weighted by atomic mass is 10.2. The van der Waals surface area contributed by atoms with Gasteiger partial charge in [0.25, 0.3) is 0 Å². The van der Waals surface area contributed by atoms with Crippen molar-refractivity contribution < 1.29 is 0 Å². The molecular weight excluding hydrogens is 202 g/mol. The first-order valence-corrected chi connectivity index (χ1v) is 5.05. The molecule has 0 saturated carbocycles. The van der Waals surface area contributed by atoms with E-state index < -0.39 is 0 Å². The maximum atomic E-state index is 9.06. The number of nitriles is 2. The predicted octanol–water partition coefficient (Wildman–Crippen LogP) is 1.20. The molecule has 5 nitrogen and oxygen atoms in total. The van der Waals surface area contributed by atoms with Crippen LogP contribution in [0.3, 0.4) is 0 Å². The summed E-state index contributed by atoms with van der Waals surface area (Å²) in [6.45, 7) is 4.25. The lowest BCUT2D eigenvalue weighted by Gasteiger charge is -2.20. The summed E-state index contributed by atoms with van der Waals surface area (Å²) in [5.74, 6) is 0.689. The summed E-state index contributed by atoms with van der Waals surface area (Å²) in [7, 11) is 3.67. The maximum Gasteiger partial charge on any atom is 0.144 e. The van der Waals surface area contributed by atoms with Gasteiger partial charge in [-0.3, -0.25) is 4.68 Å². The molecule has 1 aromatic heterocycles. The quantitative estimate of drug-likeness (QED) is 0.762. The fourth-order valence-electron chi connectivity index (χ4n) is 1.75. The monoisotopic (exact) mass is 217 g/mol. The zero-order valence-corrected chi connectivity index (χ0v) is 10.0. The molecule has 0 aliphatic rings. The van der Waals surface area contributed by atoms with E-state index in [0.29, 0.717) is 12.1 Å². The van der Waals surface area contributed by atoms with Crippen LogP contribution in [0.25, 0.3) is 0 Å². The lowest BCUT2D eigenvalue weighted by molar-refractivity contribution is 0.674. The molecule has 0 amide bonds. The average Bonchev–Trinajstić information content (AvgIpc) is 2.52. The average molecular weight is 217 g/mol. The van der Waals surface area contributed by atoms with Gasteiger partial charge in [-0.15, -0.1) is 0 Å². The van der Waals surface area contributed by atoms with Crippen LogP contribution >= 0.6 is 0 Å². The highest BCUT2D eigenvalue weighted by atomic mass is 15.4. The lowest BCUT2D eigenvalue weighted by Crippen LogP contribution is -2.26. The molecule has 1 heterocycles. The Bertz CT molecular complexity index is 460. The summed E-state index contributed by atoms with van der Waals surface area (Å²) in [4.78, 5) is 1.90. The zero-order chi connectivity index (χ0) is 12.3. The predicted molar refractivity (Wildman–Crippen MR) is 60.7 cm³/mol. The molecule has 0 fully saturated rings. The standard InChI is InChI=1S/C11H15N5/c1-8(5-12)7-15(3)11-10(6-13)9(2)14-16(11)4/h8H,7H2,1-4H3. The van der Waals surface area contributed by atoms with Crippen molar-refractivity contribution in [2.45, 2.75) is 13.8 Å². The van der Waals surface area contributed by atoms with Crippen molar-refractivity contribution in [1.82, 2.24) is 9.78 Å². The van der Waals surface area contributed by atoms with Crippen LogP contribution in [0.4, 0.5) is 5.82 Å². The Hall–Kier alpha value is -2.01. The number of hydrogen-bond acceptors (Lipinski definition) is 4. The summed E-state index contributed by atoms with van der Waals surface area (Å²) in [5.41, 5.74) is 1.30. The Morgan fingerprint density at radius 1 is 1.50 bits per heavy atom. The molecule has 0 aliphatic heterocycles. The second-order valence-electron chi connectivity index (χ2n) is 3.93. The van der Waals surface area contributed by atoms with Crippen LogP contribution in [-0.4, -0.2) is 23.4 Å². The van der Waals surface area contributed by atoms with Gasteiger partial charge in [0, 0.05) is 20.6 Å². The van der Waals surface area contributed by atoms with Crippen molar-refractivity contribution in [3.63, 3.8) is 0 Å². The van der Waals surface area contributed by atoms with Gasteiger partial charge >= 0.3 is 0 Å². The third kappa shape index (κ3) is 2.14.